The summed E-state index contributed by atoms with van der Waals surface area (Å²) in [6, 6.07) is 7.00. The molecule has 0 saturated heterocycles. The summed E-state index contributed by atoms with van der Waals surface area (Å²) < 4.78 is 2.24. The summed E-state index contributed by atoms with van der Waals surface area (Å²) in [5.74, 6) is -0.229. The smallest absolute Gasteiger partial charge is 0.275 e. The highest BCUT2D eigenvalue weighted by molar-refractivity contribution is 9.10. The van der Waals surface area contributed by atoms with Gasteiger partial charge in [0.25, 0.3) is 5.91 Å². The third-order valence-corrected chi connectivity index (χ3v) is 3.63. The van der Waals surface area contributed by atoms with Crippen LogP contribution in [0, 0.1) is 6.92 Å². The first-order valence-corrected chi connectivity index (χ1v) is 6.42. The molecule has 0 bridgehead atoms. The van der Waals surface area contributed by atoms with Crippen molar-refractivity contribution in [2.24, 2.45) is 7.05 Å². The Balaban J connectivity index is 2.27. The van der Waals surface area contributed by atoms with Crippen molar-refractivity contribution in [3.63, 3.8) is 0 Å². The monoisotopic (exact) mass is 327 g/mol. The summed E-state index contributed by atoms with van der Waals surface area (Å²) in [6.07, 6.45) is 0. The zero-order valence-electron chi connectivity index (χ0n) is 9.87. The highest BCUT2D eigenvalue weighted by Crippen LogP contribution is 2.22. The predicted octanol–water partition coefficient (Wildman–Crippen LogP) is 3.40. The van der Waals surface area contributed by atoms with E-state index in [9.17, 15) is 4.79 Å². The van der Waals surface area contributed by atoms with Crippen molar-refractivity contribution >= 4 is 39.1 Å². The van der Waals surface area contributed by atoms with Gasteiger partial charge in [-0.05, 0) is 41.1 Å². The molecule has 2 rings (SSSR count). The first-order chi connectivity index (χ1) is 8.49. The molecule has 0 fully saturated rings. The summed E-state index contributed by atoms with van der Waals surface area (Å²) in [5, 5.41) is 7.53. The van der Waals surface area contributed by atoms with Gasteiger partial charge in [-0.15, -0.1) is 0 Å². The van der Waals surface area contributed by atoms with Crippen LogP contribution in [-0.4, -0.2) is 15.7 Å². The average molecular weight is 329 g/mol. The van der Waals surface area contributed by atoms with Crippen molar-refractivity contribution < 1.29 is 4.79 Å². The quantitative estimate of drug-likeness (QED) is 0.918. The van der Waals surface area contributed by atoms with E-state index < -0.39 is 0 Å². The topological polar surface area (TPSA) is 46.9 Å². The van der Waals surface area contributed by atoms with Crippen LogP contribution >= 0.6 is 27.5 Å². The molecule has 1 aromatic carbocycles. The number of aromatic nitrogens is 2. The van der Waals surface area contributed by atoms with E-state index in [2.05, 4.69) is 26.3 Å². The second kappa shape index (κ2) is 5.12. The van der Waals surface area contributed by atoms with Crippen LogP contribution < -0.4 is 5.32 Å². The molecule has 0 unspecified atom stereocenters. The van der Waals surface area contributed by atoms with Crippen molar-refractivity contribution in [2.75, 3.05) is 5.32 Å². The van der Waals surface area contributed by atoms with Gasteiger partial charge in [0, 0.05) is 17.8 Å². The van der Waals surface area contributed by atoms with Gasteiger partial charge in [0.15, 0.2) is 0 Å². The van der Waals surface area contributed by atoms with Crippen LogP contribution in [0.5, 0.6) is 0 Å². The zero-order chi connectivity index (χ0) is 13.3. The highest BCUT2D eigenvalue weighted by atomic mass is 79.9. The summed E-state index contributed by atoms with van der Waals surface area (Å²) in [7, 11) is 1.73. The lowest BCUT2D eigenvalue weighted by Gasteiger charge is -2.06. The second-order valence-electron chi connectivity index (χ2n) is 3.84. The molecule has 0 saturated carbocycles. The predicted molar refractivity (Wildman–Crippen MR) is 75.1 cm³/mol. The number of carbonyl (C=O) groups excluding carboxylic acids is 1. The molecular weight excluding hydrogens is 318 g/mol. The Morgan fingerprint density at radius 1 is 1.50 bits per heavy atom. The molecule has 2 aromatic rings. The number of hydrogen-bond donors (Lipinski definition) is 1. The van der Waals surface area contributed by atoms with Crippen molar-refractivity contribution in [3.8, 4) is 0 Å². The number of nitrogens with zero attached hydrogens (tertiary/aromatic N) is 2. The largest absolute Gasteiger partial charge is 0.321 e. The minimum atomic E-state index is -0.229. The molecule has 0 radical (unpaired) electrons. The number of benzene rings is 1. The molecule has 0 aliphatic carbocycles. The van der Waals surface area contributed by atoms with Crippen LogP contribution in [0.4, 0.5) is 5.69 Å². The number of anilines is 1. The lowest BCUT2D eigenvalue weighted by molar-refractivity contribution is 0.101. The SMILES string of the molecule is Cc1nn(C)c(C(=O)Nc2cccc(Cl)c2)c1Br. The van der Waals surface area contributed by atoms with E-state index in [0.717, 1.165) is 5.69 Å². The van der Waals surface area contributed by atoms with Gasteiger partial charge in [0.2, 0.25) is 0 Å². The Hall–Kier alpha value is -1.33. The molecule has 1 N–H and O–H groups in total. The van der Waals surface area contributed by atoms with Gasteiger partial charge in [-0.25, -0.2) is 0 Å². The Morgan fingerprint density at radius 3 is 2.78 bits per heavy atom. The maximum Gasteiger partial charge on any atom is 0.275 e. The number of carbonyl (C=O) groups is 1. The zero-order valence-corrected chi connectivity index (χ0v) is 12.2. The molecule has 1 heterocycles. The molecule has 0 spiro atoms. The van der Waals surface area contributed by atoms with Crippen LogP contribution in [0.15, 0.2) is 28.7 Å². The van der Waals surface area contributed by atoms with Gasteiger partial charge in [0.05, 0.1) is 10.2 Å². The first-order valence-electron chi connectivity index (χ1n) is 5.25. The van der Waals surface area contributed by atoms with Crippen molar-refractivity contribution in [1.29, 1.82) is 0 Å². The fraction of sp³-hybridized carbons (Fsp3) is 0.167. The molecule has 0 aliphatic heterocycles. The number of amides is 1. The number of rotatable bonds is 2. The molecule has 1 aromatic heterocycles. The minimum absolute atomic E-state index is 0.229. The Morgan fingerprint density at radius 2 is 2.22 bits per heavy atom. The molecule has 0 aliphatic rings. The minimum Gasteiger partial charge on any atom is -0.321 e. The Bertz CT molecular complexity index is 609. The van der Waals surface area contributed by atoms with E-state index in [4.69, 9.17) is 11.6 Å². The van der Waals surface area contributed by atoms with Gasteiger partial charge in [-0.2, -0.15) is 5.10 Å². The van der Waals surface area contributed by atoms with Crippen molar-refractivity contribution in [2.45, 2.75) is 6.92 Å². The Kier molecular flexibility index (Phi) is 3.73. The number of halogens is 2. The average Bonchev–Trinajstić information content (AvgIpc) is 2.53. The van der Waals surface area contributed by atoms with E-state index in [1.54, 1.807) is 36.0 Å². The fourth-order valence-electron chi connectivity index (χ4n) is 1.64. The number of nitrogens with one attached hydrogen (secondary N) is 1. The highest BCUT2D eigenvalue weighted by Gasteiger charge is 2.18. The van der Waals surface area contributed by atoms with Gasteiger partial charge < -0.3 is 5.32 Å². The molecule has 6 heteroatoms. The van der Waals surface area contributed by atoms with Crippen LogP contribution in [0.3, 0.4) is 0 Å². The van der Waals surface area contributed by atoms with Crippen molar-refractivity contribution in [3.05, 3.63) is 45.1 Å². The normalized spacial score (nSPS) is 10.4. The summed E-state index contributed by atoms with van der Waals surface area (Å²) in [4.78, 5) is 12.1. The standard InChI is InChI=1S/C12H11BrClN3O/c1-7-10(13)11(17(2)16-7)12(18)15-9-5-3-4-8(14)6-9/h3-6H,1-2H3,(H,15,18). The van der Waals surface area contributed by atoms with Gasteiger partial charge in [-0.3, -0.25) is 9.48 Å². The van der Waals surface area contributed by atoms with E-state index in [0.29, 0.717) is 20.9 Å². The molecule has 1 amide bonds. The van der Waals surface area contributed by atoms with Crippen LogP contribution in [0.2, 0.25) is 5.02 Å². The molecule has 94 valence electrons. The van der Waals surface area contributed by atoms with Gasteiger partial charge in [0.1, 0.15) is 5.69 Å². The Labute approximate surface area is 118 Å². The molecule has 18 heavy (non-hydrogen) atoms. The molecule has 4 nitrogen and oxygen atoms in total. The summed E-state index contributed by atoms with van der Waals surface area (Å²) in [6.45, 7) is 1.83. The van der Waals surface area contributed by atoms with E-state index in [-0.39, 0.29) is 5.91 Å². The van der Waals surface area contributed by atoms with Crippen LogP contribution in [0.25, 0.3) is 0 Å². The van der Waals surface area contributed by atoms with E-state index in [1.165, 1.54) is 0 Å². The van der Waals surface area contributed by atoms with Gasteiger partial charge in [-0.1, -0.05) is 17.7 Å². The van der Waals surface area contributed by atoms with E-state index >= 15 is 0 Å². The van der Waals surface area contributed by atoms with Crippen molar-refractivity contribution in [1.82, 2.24) is 9.78 Å². The number of aryl methyl sites for hydroxylation is 2. The van der Waals surface area contributed by atoms with Crippen LogP contribution in [-0.2, 0) is 7.05 Å². The summed E-state index contributed by atoms with van der Waals surface area (Å²) in [5.41, 5.74) is 1.90. The maximum absolute atomic E-state index is 12.1. The lowest BCUT2D eigenvalue weighted by atomic mass is 10.3. The third-order valence-electron chi connectivity index (χ3n) is 2.45. The second-order valence-corrected chi connectivity index (χ2v) is 5.07. The maximum atomic E-state index is 12.1. The summed E-state index contributed by atoms with van der Waals surface area (Å²) >= 11 is 9.22. The molecular formula is C12H11BrClN3O. The third kappa shape index (κ3) is 2.57. The van der Waals surface area contributed by atoms with Crippen LogP contribution in [0.1, 0.15) is 16.2 Å². The van der Waals surface area contributed by atoms with E-state index in [1.807, 2.05) is 6.92 Å². The lowest BCUT2D eigenvalue weighted by Crippen LogP contribution is -2.16. The number of hydrogen-bond acceptors (Lipinski definition) is 2. The van der Waals surface area contributed by atoms with Gasteiger partial charge >= 0.3 is 0 Å². The fourth-order valence-corrected chi connectivity index (χ4v) is 2.34. The molecule has 0 atom stereocenters. The first kappa shape index (κ1) is 13.1.